The first-order valence-corrected chi connectivity index (χ1v) is 10.8. The molecule has 17 nitrogen and oxygen atoms in total. The van der Waals surface area contributed by atoms with Crippen LogP contribution < -0.4 is 9.83 Å². The monoisotopic (exact) mass is 494 g/mol. The summed E-state index contributed by atoms with van der Waals surface area (Å²) in [5.74, 6) is -2.94. The van der Waals surface area contributed by atoms with Crippen LogP contribution in [0.25, 0.3) is 0 Å². The van der Waals surface area contributed by atoms with Crippen LogP contribution in [0.3, 0.4) is 0 Å². The van der Waals surface area contributed by atoms with Gasteiger partial charge in [0.05, 0.1) is 6.61 Å². The van der Waals surface area contributed by atoms with Gasteiger partial charge in [0.15, 0.2) is 16.6 Å². The third-order valence-electron chi connectivity index (χ3n) is 4.04. The van der Waals surface area contributed by atoms with Gasteiger partial charge in [0.1, 0.15) is 48.3 Å². The predicted molar refractivity (Wildman–Crippen MR) is 84.0 cm³/mol. The first-order chi connectivity index (χ1) is 14.1. The molecule has 19 heteroatoms. The largest absolute Gasteiger partial charge is 0.735 e. The average Bonchev–Trinajstić information content (AvgIpc) is 2.61. The number of aliphatic hydroxyl groups excluding tert-OH is 4. The van der Waals surface area contributed by atoms with E-state index in [9.17, 15) is 56.3 Å². The smallest absolute Gasteiger partial charge is 0.229 e. The number of aliphatic carboxylic acids is 1. The maximum Gasteiger partial charge on any atom is 0.229 e. The molecule has 2 aliphatic rings. The Hall–Kier alpha value is -1.49. The Balaban J connectivity index is 2.31. The van der Waals surface area contributed by atoms with E-state index in [1.807, 2.05) is 0 Å². The molecule has 0 unspecified atom stereocenters. The molecule has 31 heavy (non-hydrogen) atoms. The number of rotatable bonds is 8. The summed E-state index contributed by atoms with van der Waals surface area (Å²) in [6, 6.07) is -2.10. The third kappa shape index (κ3) is 7.00. The van der Waals surface area contributed by atoms with E-state index < -0.39 is 88.2 Å². The topological polar surface area (TPSA) is 284 Å². The fourth-order valence-electron chi connectivity index (χ4n) is 2.71. The highest BCUT2D eigenvalue weighted by atomic mass is 32.3. The van der Waals surface area contributed by atoms with E-state index in [1.54, 1.807) is 0 Å². The molecule has 2 aliphatic heterocycles. The first kappa shape index (κ1) is 25.8. The summed E-state index contributed by atoms with van der Waals surface area (Å²) in [5, 5.41) is 50.8. The van der Waals surface area contributed by atoms with Crippen LogP contribution in [0.2, 0.25) is 0 Å². The molecule has 5 N–H and O–H groups in total. The minimum Gasteiger partial charge on any atom is -0.735 e. The molecule has 180 valence electrons. The molecule has 1 fully saturated rings. The van der Waals surface area contributed by atoms with Gasteiger partial charge in [0, 0.05) is 0 Å². The van der Waals surface area contributed by atoms with Crippen LogP contribution in [-0.2, 0) is 43.9 Å². The summed E-state index contributed by atoms with van der Waals surface area (Å²) in [5.41, 5.74) is 0. The SMILES string of the molecule is O=C([O-])C1=C[C@H](O)[C@@H](O)[C@H](O[C@H]2[C@H](O)[C@@H](NS(=O)(=O)[O-])[C@@H](O)O[C@@H]2COS(=O)(=O)[O-])O1. The zero-order valence-corrected chi connectivity index (χ0v) is 16.5. The van der Waals surface area contributed by atoms with E-state index in [4.69, 9.17) is 14.2 Å². The van der Waals surface area contributed by atoms with Gasteiger partial charge in [0.25, 0.3) is 0 Å². The second-order valence-corrected chi connectivity index (χ2v) is 8.43. The lowest BCUT2D eigenvalue weighted by Crippen LogP contribution is -2.66. The zero-order valence-electron chi connectivity index (χ0n) is 14.9. The van der Waals surface area contributed by atoms with E-state index in [1.165, 1.54) is 4.72 Å². The van der Waals surface area contributed by atoms with E-state index >= 15 is 0 Å². The summed E-state index contributed by atoms with van der Waals surface area (Å²) in [6.45, 7) is -1.21. The van der Waals surface area contributed by atoms with Crippen LogP contribution in [0, 0.1) is 0 Å². The molecule has 0 radical (unpaired) electrons. The summed E-state index contributed by atoms with van der Waals surface area (Å²) in [7, 11) is -10.6. The second kappa shape index (κ2) is 9.56. The van der Waals surface area contributed by atoms with Gasteiger partial charge in [-0.25, -0.2) is 21.6 Å². The van der Waals surface area contributed by atoms with Gasteiger partial charge in [0.2, 0.25) is 16.7 Å². The van der Waals surface area contributed by atoms with Crippen LogP contribution in [0.5, 0.6) is 0 Å². The van der Waals surface area contributed by atoms with Crippen molar-refractivity contribution in [3.8, 4) is 0 Å². The lowest BCUT2D eigenvalue weighted by atomic mass is 9.97. The molecule has 0 aliphatic carbocycles. The molecule has 8 atom stereocenters. The first-order valence-electron chi connectivity index (χ1n) is 8.05. The van der Waals surface area contributed by atoms with Gasteiger partial charge >= 0.3 is 0 Å². The number of carbonyl (C=O) groups is 1. The Morgan fingerprint density at radius 1 is 1.13 bits per heavy atom. The molecule has 1 saturated heterocycles. The summed E-state index contributed by atoms with van der Waals surface area (Å²) >= 11 is 0. The van der Waals surface area contributed by atoms with E-state index in [2.05, 4.69) is 4.18 Å². The molecule has 0 spiro atoms. The van der Waals surface area contributed by atoms with Crippen molar-refractivity contribution < 1.29 is 74.7 Å². The van der Waals surface area contributed by atoms with Crippen molar-refractivity contribution in [3.05, 3.63) is 11.8 Å². The highest BCUT2D eigenvalue weighted by Gasteiger charge is 2.49. The Labute approximate surface area is 174 Å². The minimum absolute atomic E-state index is 0.552. The van der Waals surface area contributed by atoms with Crippen molar-refractivity contribution in [3.63, 3.8) is 0 Å². The Kier molecular flexibility index (Phi) is 7.95. The van der Waals surface area contributed by atoms with Gasteiger partial charge in [-0.1, -0.05) is 0 Å². The maximum absolute atomic E-state index is 10.9. The predicted octanol–water partition coefficient (Wildman–Crippen LogP) is -6.94. The van der Waals surface area contributed by atoms with Crippen molar-refractivity contribution in [1.29, 1.82) is 0 Å². The Morgan fingerprint density at radius 2 is 1.74 bits per heavy atom. The highest BCUT2D eigenvalue weighted by molar-refractivity contribution is 7.83. The molecular weight excluding hydrogens is 478 g/mol. The van der Waals surface area contributed by atoms with Crippen molar-refractivity contribution in [2.45, 2.75) is 49.1 Å². The molecule has 0 aromatic carbocycles. The number of nitrogens with one attached hydrogen (secondary N) is 1. The van der Waals surface area contributed by atoms with E-state index in [0.717, 1.165) is 0 Å². The fraction of sp³-hybridized carbons (Fsp3) is 0.750. The van der Waals surface area contributed by atoms with Crippen LogP contribution >= 0.6 is 0 Å². The molecule has 0 saturated carbocycles. The molecule has 2 heterocycles. The summed E-state index contributed by atoms with van der Waals surface area (Å²) < 4.78 is 84.8. The molecule has 2 rings (SSSR count). The standard InChI is InChI=1S/C12H19NO16S2/c14-3-1-4(10(17)18)28-12(7(3)15)29-9-5(2-26-31(23,24)25)27-11(19)6(8(9)16)13-30(20,21)22/h1,3,5-9,11-16,19H,2H2,(H,17,18)(H,20,21,22)(H,23,24,25)/p-3/t3-,5+,6+,7+,8+,9+,11-,12-/m0/s1. The van der Waals surface area contributed by atoms with Gasteiger partial charge in [-0.3, -0.25) is 4.18 Å². The second-order valence-electron chi connectivity index (χ2n) is 6.23. The zero-order chi connectivity index (χ0) is 23.7. The van der Waals surface area contributed by atoms with Gasteiger partial charge in [-0.2, -0.15) is 0 Å². The van der Waals surface area contributed by atoms with Crippen LogP contribution in [0.4, 0.5) is 0 Å². The van der Waals surface area contributed by atoms with Crippen molar-refractivity contribution in [2.75, 3.05) is 6.61 Å². The number of ether oxygens (including phenoxy) is 3. The third-order valence-corrected chi connectivity index (χ3v) is 5.02. The van der Waals surface area contributed by atoms with Crippen LogP contribution in [0.15, 0.2) is 11.8 Å². The number of hydrogen-bond donors (Lipinski definition) is 5. The van der Waals surface area contributed by atoms with Crippen molar-refractivity contribution in [2.24, 2.45) is 0 Å². The highest BCUT2D eigenvalue weighted by Crippen LogP contribution is 2.28. The van der Waals surface area contributed by atoms with Gasteiger partial charge in [-0.15, -0.1) is 0 Å². The number of aliphatic hydroxyl groups is 4. The maximum atomic E-state index is 10.9. The van der Waals surface area contributed by atoms with Crippen LogP contribution in [-0.4, -0.2) is 108 Å². The number of carbonyl (C=O) groups excluding carboxylic acids is 1. The molecule has 0 amide bonds. The molecular formula is C12H16NO16S2-3. The van der Waals surface area contributed by atoms with Crippen LogP contribution in [0.1, 0.15) is 0 Å². The average molecular weight is 494 g/mol. The molecule has 0 bridgehead atoms. The van der Waals surface area contributed by atoms with E-state index in [-0.39, 0.29) is 0 Å². The minimum atomic E-state index is -5.32. The van der Waals surface area contributed by atoms with Crippen molar-refractivity contribution in [1.82, 2.24) is 4.72 Å². The van der Waals surface area contributed by atoms with Crippen molar-refractivity contribution >= 4 is 26.7 Å². The number of carboxylic acids is 1. The summed E-state index contributed by atoms with van der Waals surface area (Å²) in [6.07, 6.45) is -13.8. The van der Waals surface area contributed by atoms with Gasteiger partial charge in [-0.05, 0) is 6.08 Å². The van der Waals surface area contributed by atoms with E-state index in [0.29, 0.717) is 6.08 Å². The molecule has 0 aromatic heterocycles. The summed E-state index contributed by atoms with van der Waals surface area (Å²) in [4.78, 5) is 10.9. The normalized spacial score (nSPS) is 37.0. The quantitative estimate of drug-likeness (QED) is 0.155. The Bertz CT molecular complexity index is 900. The number of hydrogen-bond acceptors (Lipinski definition) is 16. The number of carboxylic acid groups (broad SMARTS) is 1. The lowest BCUT2D eigenvalue weighted by molar-refractivity contribution is -0.321. The fourth-order valence-corrected chi connectivity index (χ4v) is 3.60. The Morgan fingerprint density at radius 3 is 2.26 bits per heavy atom. The van der Waals surface area contributed by atoms with Gasteiger partial charge < -0.3 is 53.6 Å². The molecule has 0 aromatic rings. The lowest BCUT2D eigenvalue weighted by Gasteiger charge is -2.45.